The Morgan fingerprint density at radius 3 is 2.33 bits per heavy atom. The highest BCUT2D eigenvalue weighted by Gasteiger charge is 2.31. The lowest BCUT2D eigenvalue weighted by atomic mass is 9.97. The molecule has 2 heterocycles. The van der Waals surface area contributed by atoms with Crippen LogP contribution in [0.3, 0.4) is 0 Å². The van der Waals surface area contributed by atoms with E-state index in [0.29, 0.717) is 56.7 Å². The first-order chi connectivity index (χ1) is 20.3. The molecule has 2 aromatic carbocycles. The minimum atomic E-state index is -0.807. The number of rotatable bonds is 12. The van der Waals surface area contributed by atoms with Crippen LogP contribution in [-0.4, -0.2) is 57.2 Å². The summed E-state index contributed by atoms with van der Waals surface area (Å²) in [6.45, 7) is 6.29. The van der Waals surface area contributed by atoms with Crippen molar-refractivity contribution in [1.82, 2.24) is 4.57 Å². The third-order valence-electron chi connectivity index (χ3n) is 6.14. The molecule has 0 saturated heterocycles. The lowest BCUT2D eigenvalue weighted by molar-refractivity contribution is -0.145. The summed E-state index contributed by atoms with van der Waals surface area (Å²) < 4.78 is 34.2. The second kappa shape index (κ2) is 13.9. The number of fused-ring (bicyclic) bond motifs is 1. The van der Waals surface area contributed by atoms with Crippen LogP contribution in [0.15, 0.2) is 58.0 Å². The van der Waals surface area contributed by atoms with Gasteiger partial charge in [-0.1, -0.05) is 23.5 Å². The molecule has 0 fully saturated rings. The zero-order valence-electron chi connectivity index (χ0n) is 24.0. The molecule has 1 aliphatic heterocycles. The summed E-state index contributed by atoms with van der Waals surface area (Å²) in [6.07, 6.45) is 3.13. The maximum absolute atomic E-state index is 13.8. The molecule has 1 aromatic heterocycles. The van der Waals surface area contributed by atoms with Gasteiger partial charge in [-0.2, -0.15) is 0 Å². The van der Waals surface area contributed by atoms with Crippen LogP contribution in [0.2, 0.25) is 0 Å². The summed E-state index contributed by atoms with van der Waals surface area (Å²) in [5.41, 5.74) is 1.15. The van der Waals surface area contributed by atoms with Crippen molar-refractivity contribution in [2.45, 2.75) is 26.8 Å². The van der Waals surface area contributed by atoms with Crippen molar-refractivity contribution in [3.63, 3.8) is 0 Å². The molecule has 1 atom stereocenters. The van der Waals surface area contributed by atoms with Gasteiger partial charge in [0, 0.05) is 6.20 Å². The van der Waals surface area contributed by atoms with Crippen LogP contribution >= 0.6 is 11.3 Å². The third kappa shape index (κ3) is 6.49. The fraction of sp³-hybridized carbons (Fsp3) is 0.333. The molecule has 0 aliphatic carbocycles. The molecule has 222 valence electrons. The van der Waals surface area contributed by atoms with Gasteiger partial charge in [0.05, 0.1) is 50.2 Å². The highest BCUT2D eigenvalue weighted by atomic mass is 32.1. The molecule has 11 nitrogen and oxygen atoms in total. The van der Waals surface area contributed by atoms with Crippen LogP contribution in [0, 0.1) is 0 Å². The van der Waals surface area contributed by atoms with E-state index in [-0.39, 0.29) is 24.3 Å². The van der Waals surface area contributed by atoms with Crippen LogP contribution < -0.4 is 33.8 Å². The predicted molar refractivity (Wildman–Crippen MR) is 155 cm³/mol. The summed E-state index contributed by atoms with van der Waals surface area (Å²) in [5.74, 6) is 0.692. The van der Waals surface area contributed by atoms with Crippen LogP contribution in [-0.2, 0) is 19.1 Å². The van der Waals surface area contributed by atoms with E-state index < -0.39 is 18.0 Å². The van der Waals surface area contributed by atoms with Gasteiger partial charge in [-0.25, -0.2) is 14.6 Å². The summed E-state index contributed by atoms with van der Waals surface area (Å²) >= 11 is 1.18. The van der Waals surface area contributed by atoms with Gasteiger partial charge >= 0.3 is 11.9 Å². The Hall–Kier alpha value is -4.58. The van der Waals surface area contributed by atoms with Crippen molar-refractivity contribution in [1.29, 1.82) is 0 Å². The number of esters is 2. The van der Waals surface area contributed by atoms with Gasteiger partial charge in [0.2, 0.25) is 0 Å². The zero-order valence-corrected chi connectivity index (χ0v) is 24.8. The lowest BCUT2D eigenvalue weighted by Crippen LogP contribution is -2.39. The highest BCUT2D eigenvalue weighted by Crippen LogP contribution is 2.35. The Morgan fingerprint density at radius 1 is 0.929 bits per heavy atom. The Bertz CT molecular complexity index is 1670. The van der Waals surface area contributed by atoms with Crippen molar-refractivity contribution in [2.75, 3.05) is 40.6 Å². The van der Waals surface area contributed by atoms with E-state index in [1.54, 1.807) is 49.4 Å². The Balaban J connectivity index is 1.78. The average Bonchev–Trinajstić information content (AvgIpc) is 3.31. The Morgan fingerprint density at radius 2 is 1.64 bits per heavy atom. The quantitative estimate of drug-likeness (QED) is 0.290. The summed E-state index contributed by atoms with van der Waals surface area (Å²) in [6, 6.07) is 9.58. The molecule has 3 aromatic rings. The average molecular weight is 597 g/mol. The van der Waals surface area contributed by atoms with Crippen LogP contribution in [0.5, 0.6) is 23.0 Å². The van der Waals surface area contributed by atoms with Crippen molar-refractivity contribution in [3.05, 3.63) is 79.0 Å². The minimum absolute atomic E-state index is 0.202. The summed E-state index contributed by atoms with van der Waals surface area (Å²) in [5, 5.41) is 0. The molecule has 0 amide bonds. The molecular weight excluding hydrogens is 564 g/mol. The number of thiazole rings is 1. The van der Waals surface area contributed by atoms with Gasteiger partial charge < -0.3 is 28.4 Å². The monoisotopic (exact) mass is 596 g/mol. The van der Waals surface area contributed by atoms with Gasteiger partial charge in [0.25, 0.3) is 5.56 Å². The van der Waals surface area contributed by atoms with E-state index in [2.05, 4.69) is 4.99 Å². The first-order valence-corrected chi connectivity index (χ1v) is 14.1. The normalized spacial score (nSPS) is 14.3. The highest BCUT2D eigenvalue weighted by molar-refractivity contribution is 7.07. The maximum Gasteiger partial charge on any atom is 0.344 e. The van der Waals surface area contributed by atoms with Crippen LogP contribution in [0.1, 0.15) is 37.9 Å². The molecule has 0 bridgehead atoms. The SMILES string of the molecule is CCOC(=O)COc1ccc(/C=c2\sc3n(c2=O)[C@@H](c2ccc(OCC)c(OCC)c2)C(C(=O)OC)=CN=3)cc1OC. The van der Waals surface area contributed by atoms with Crippen molar-refractivity contribution in [3.8, 4) is 23.0 Å². The first kappa shape index (κ1) is 30.4. The maximum atomic E-state index is 13.8. The number of hydrogen-bond donors (Lipinski definition) is 0. The molecule has 0 radical (unpaired) electrons. The van der Waals surface area contributed by atoms with Crippen molar-refractivity contribution < 1.29 is 38.0 Å². The van der Waals surface area contributed by atoms with E-state index in [1.165, 1.54) is 36.3 Å². The Kier molecular flexibility index (Phi) is 10.0. The third-order valence-corrected chi connectivity index (χ3v) is 7.14. The zero-order chi connectivity index (χ0) is 30.2. The van der Waals surface area contributed by atoms with Crippen LogP contribution in [0.4, 0.5) is 0 Å². The van der Waals surface area contributed by atoms with Gasteiger partial charge in [-0.3, -0.25) is 9.36 Å². The van der Waals surface area contributed by atoms with E-state index in [1.807, 2.05) is 13.8 Å². The van der Waals surface area contributed by atoms with Crippen LogP contribution in [0.25, 0.3) is 6.08 Å². The number of benzene rings is 2. The first-order valence-electron chi connectivity index (χ1n) is 13.3. The number of nitrogens with zero attached hydrogens (tertiary/aromatic N) is 2. The summed E-state index contributed by atoms with van der Waals surface area (Å²) in [7, 11) is 2.76. The lowest BCUT2D eigenvalue weighted by Gasteiger charge is -2.23. The fourth-order valence-corrected chi connectivity index (χ4v) is 5.34. The minimum Gasteiger partial charge on any atom is -0.493 e. The standard InChI is InChI=1S/C30H32N2O9S/c1-6-38-22-12-10-19(15-24(22)39-7-2)27-20(29(35)37-5)16-31-30-32(27)28(34)25(42-30)14-18-9-11-21(23(13-18)36-4)41-17-26(33)40-8-3/h9-16,27H,6-8,17H2,1-5H3/b25-14-/t27-/m0/s1. The molecule has 0 unspecified atom stereocenters. The van der Waals surface area contributed by atoms with Gasteiger partial charge in [-0.15, -0.1) is 0 Å². The number of carbonyl (C=O) groups is 2. The summed E-state index contributed by atoms with van der Waals surface area (Å²) in [4.78, 5) is 43.1. The second-order valence-electron chi connectivity index (χ2n) is 8.75. The van der Waals surface area contributed by atoms with Crippen molar-refractivity contribution >= 4 is 29.4 Å². The molecule has 0 spiro atoms. The molecule has 0 saturated carbocycles. The number of carbonyl (C=O) groups excluding carboxylic acids is 2. The predicted octanol–water partition coefficient (Wildman–Crippen LogP) is 2.77. The fourth-order valence-electron chi connectivity index (χ4n) is 4.37. The second-order valence-corrected chi connectivity index (χ2v) is 9.76. The Labute approximate surface area is 246 Å². The molecular formula is C30H32N2O9S. The molecule has 1 aliphatic rings. The van der Waals surface area contributed by atoms with Crippen molar-refractivity contribution in [2.24, 2.45) is 4.99 Å². The number of hydrogen-bond acceptors (Lipinski definition) is 11. The van der Waals surface area contributed by atoms with Gasteiger partial charge in [-0.05, 0) is 62.2 Å². The number of ether oxygens (including phenoxy) is 6. The van der Waals surface area contributed by atoms with E-state index in [9.17, 15) is 14.4 Å². The largest absolute Gasteiger partial charge is 0.493 e. The van der Waals surface area contributed by atoms with E-state index in [0.717, 1.165) is 0 Å². The molecule has 42 heavy (non-hydrogen) atoms. The van der Waals surface area contributed by atoms with E-state index >= 15 is 0 Å². The number of aromatic nitrogens is 1. The topological polar surface area (TPSA) is 124 Å². The van der Waals surface area contributed by atoms with Gasteiger partial charge in [0.1, 0.15) is 0 Å². The van der Waals surface area contributed by atoms with Gasteiger partial charge in [0.15, 0.2) is 34.4 Å². The molecule has 12 heteroatoms. The molecule has 4 rings (SSSR count). The molecule has 0 N–H and O–H groups in total. The van der Waals surface area contributed by atoms with E-state index in [4.69, 9.17) is 28.4 Å². The number of methoxy groups -OCH3 is 2. The smallest absolute Gasteiger partial charge is 0.344 e.